The summed E-state index contributed by atoms with van der Waals surface area (Å²) in [5.41, 5.74) is 5.48. The van der Waals surface area contributed by atoms with Crippen molar-refractivity contribution in [1.29, 1.82) is 0 Å². The van der Waals surface area contributed by atoms with E-state index < -0.39 is 20.7 Å². The summed E-state index contributed by atoms with van der Waals surface area (Å²) in [6.07, 6.45) is 0.474. The van der Waals surface area contributed by atoms with Crippen LogP contribution >= 0.6 is 11.6 Å². The van der Waals surface area contributed by atoms with Crippen LogP contribution < -0.4 is 10.5 Å². The Morgan fingerprint density at radius 3 is 2.76 bits per heavy atom. The van der Waals surface area contributed by atoms with E-state index in [2.05, 4.69) is 4.72 Å². The predicted molar refractivity (Wildman–Crippen MR) is 64.9 cm³/mol. The quantitative estimate of drug-likeness (QED) is 0.858. The molecule has 1 aromatic carbocycles. The topological polar surface area (TPSA) is 72.2 Å². The molecule has 0 aliphatic rings. The minimum Gasteiger partial charge on any atom is -0.328 e. The number of nitrogens with two attached hydrogens (primary N) is 1. The molecule has 96 valence electrons. The monoisotopic (exact) mass is 280 g/mol. The van der Waals surface area contributed by atoms with Gasteiger partial charge in [0.05, 0.1) is 5.02 Å². The first-order valence-electron chi connectivity index (χ1n) is 5.04. The average Bonchev–Trinajstić information content (AvgIpc) is 2.21. The van der Waals surface area contributed by atoms with Crippen molar-refractivity contribution in [1.82, 2.24) is 4.72 Å². The van der Waals surface area contributed by atoms with Crippen LogP contribution in [0.4, 0.5) is 4.39 Å². The van der Waals surface area contributed by atoms with Crippen molar-refractivity contribution in [2.45, 2.75) is 24.3 Å². The van der Waals surface area contributed by atoms with Gasteiger partial charge in [0.15, 0.2) is 5.82 Å². The zero-order valence-electron chi connectivity index (χ0n) is 9.28. The second kappa shape index (κ2) is 5.77. The Labute approximate surface area is 105 Å². The molecule has 1 rings (SSSR count). The Morgan fingerprint density at radius 2 is 2.18 bits per heavy atom. The van der Waals surface area contributed by atoms with Crippen LogP contribution in [-0.4, -0.2) is 21.0 Å². The Morgan fingerprint density at radius 1 is 1.53 bits per heavy atom. The lowest BCUT2D eigenvalue weighted by Crippen LogP contribution is -2.29. The zero-order valence-corrected chi connectivity index (χ0v) is 10.9. The van der Waals surface area contributed by atoms with Crippen LogP contribution in [0.1, 0.15) is 13.3 Å². The fourth-order valence-electron chi connectivity index (χ4n) is 1.19. The molecule has 3 N–H and O–H groups in total. The minimum absolute atomic E-state index is 0.123. The fourth-order valence-corrected chi connectivity index (χ4v) is 2.57. The average molecular weight is 281 g/mol. The van der Waals surface area contributed by atoms with Crippen LogP contribution in [0.15, 0.2) is 23.1 Å². The van der Waals surface area contributed by atoms with Gasteiger partial charge in [0, 0.05) is 12.6 Å². The predicted octanol–water partition coefficient (Wildman–Crippen LogP) is 1.49. The zero-order chi connectivity index (χ0) is 13.1. The van der Waals surface area contributed by atoms with Gasteiger partial charge in [-0.15, -0.1) is 0 Å². The Hall–Kier alpha value is -0.690. The van der Waals surface area contributed by atoms with Gasteiger partial charge < -0.3 is 5.73 Å². The van der Waals surface area contributed by atoms with Crippen molar-refractivity contribution in [3.05, 3.63) is 29.0 Å². The van der Waals surface area contributed by atoms with Crippen molar-refractivity contribution in [3.63, 3.8) is 0 Å². The molecule has 0 aromatic heterocycles. The van der Waals surface area contributed by atoms with E-state index in [1.54, 1.807) is 6.92 Å². The summed E-state index contributed by atoms with van der Waals surface area (Å²) in [6, 6.07) is 3.71. The van der Waals surface area contributed by atoms with Crippen LogP contribution in [-0.2, 0) is 10.0 Å². The van der Waals surface area contributed by atoms with E-state index in [0.717, 1.165) is 6.07 Å². The van der Waals surface area contributed by atoms with Gasteiger partial charge in [-0.1, -0.05) is 17.7 Å². The van der Waals surface area contributed by atoms with Crippen LogP contribution in [0.5, 0.6) is 0 Å². The number of sulfonamides is 1. The van der Waals surface area contributed by atoms with Crippen molar-refractivity contribution in [3.8, 4) is 0 Å². The lowest BCUT2D eigenvalue weighted by Gasteiger charge is -2.09. The molecule has 0 aliphatic carbocycles. The third kappa shape index (κ3) is 3.92. The largest absolute Gasteiger partial charge is 0.328 e. The molecule has 0 radical (unpaired) electrons. The molecule has 0 fully saturated rings. The number of hydrogen-bond donors (Lipinski definition) is 2. The van der Waals surface area contributed by atoms with Gasteiger partial charge in [0.25, 0.3) is 0 Å². The van der Waals surface area contributed by atoms with Gasteiger partial charge in [-0.05, 0) is 25.5 Å². The van der Waals surface area contributed by atoms with Crippen molar-refractivity contribution < 1.29 is 12.8 Å². The maximum atomic E-state index is 13.5. The molecule has 0 amide bonds. The van der Waals surface area contributed by atoms with E-state index in [4.69, 9.17) is 17.3 Å². The molecule has 0 saturated carbocycles. The second-order valence-electron chi connectivity index (χ2n) is 3.72. The van der Waals surface area contributed by atoms with Crippen molar-refractivity contribution in [2.24, 2.45) is 5.73 Å². The minimum atomic E-state index is -3.87. The van der Waals surface area contributed by atoms with E-state index in [1.165, 1.54) is 12.1 Å². The molecular formula is C10H14ClFN2O2S. The maximum absolute atomic E-state index is 13.5. The summed E-state index contributed by atoms with van der Waals surface area (Å²) in [7, 11) is -3.87. The van der Waals surface area contributed by atoms with Gasteiger partial charge in [-0.25, -0.2) is 17.5 Å². The van der Waals surface area contributed by atoms with Crippen LogP contribution in [0.3, 0.4) is 0 Å². The van der Waals surface area contributed by atoms with Gasteiger partial charge in [-0.3, -0.25) is 0 Å². The molecule has 0 bridgehead atoms. The first-order valence-corrected chi connectivity index (χ1v) is 6.90. The Bertz CT molecular complexity index is 491. The smallest absolute Gasteiger partial charge is 0.243 e. The maximum Gasteiger partial charge on any atom is 0.243 e. The normalized spacial score (nSPS) is 13.6. The highest BCUT2D eigenvalue weighted by Gasteiger charge is 2.20. The molecule has 1 atom stereocenters. The van der Waals surface area contributed by atoms with E-state index in [0.29, 0.717) is 6.42 Å². The lowest BCUT2D eigenvalue weighted by molar-refractivity contribution is 0.551. The first-order chi connectivity index (χ1) is 7.84. The Kier molecular flexibility index (Phi) is 4.88. The Balaban J connectivity index is 2.87. The van der Waals surface area contributed by atoms with Gasteiger partial charge in [0.2, 0.25) is 10.0 Å². The van der Waals surface area contributed by atoms with Crippen LogP contribution in [0.2, 0.25) is 5.02 Å². The number of rotatable bonds is 5. The number of nitrogens with one attached hydrogen (secondary N) is 1. The first kappa shape index (κ1) is 14.4. The molecule has 1 aromatic rings. The van der Waals surface area contributed by atoms with Gasteiger partial charge in [0.1, 0.15) is 4.90 Å². The van der Waals surface area contributed by atoms with Gasteiger partial charge >= 0.3 is 0 Å². The third-order valence-corrected chi connectivity index (χ3v) is 3.87. The van der Waals surface area contributed by atoms with Crippen LogP contribution in [0, 0.1) is 5.82 Å². The molecule has 1 unspecified atom stereocenters. The summed E-state index contributed by atoms with van der Waals surface area (Å²) in [4.78, 5) is -0.449. The number of halogens is 2. The molecule has 7 heteroatoms. The van der Waals surface area contributed by atoms with E-state index in [9.17, 15) is 12.8 Å². The van der Waals surface area contributed by atoms with E-state index in [-0.39, 0.29) is 17.6 Å². The fraction of sp³-hybridized carbons (Fsp3) is 0.400. The summed E-state index contributed by atoms with van der Waals surface area (Å²) in [5.74, 6) is -0.942. The molecule has 0 spiro atoms. The summed E-state index contributed by atoms with van der Waals surface area (Å²) < 4.78 is 39.2. The molecular weight excluding hydrogens is 267 g/mol. The highest BCUT2D eigenvalue weighted by Crippen LogP contribution is 2.21. The van der Waals surface area contributed by atoms with Gasteiger partial charge in [-0.2, -0.15) is 0 Å². The number of benzene rings is 1. The van der Waals surface area contributed by atoms with E-state index in [1.807, 2.05) is 0 Å². The van der Waals surface area contributed by atoms with Crippen molar-refractivity contribution in [2.75, 3.05) is 6.54 Å². The summed E-state index contributed by atoms with van der Waals surface area (Å²) in [6.45, 7) is 1.92. The lowest BCUT2D eigenvalue weighted by atomic mass is 10.3. The number of hydrogen-bond acceptors (Lipinski definition) is 3. The molecule has 17 heavy (non-hydrogen) atoms. The highest BCUT2D eigenvalue weighted by atomic mass is 35.5. The van der Waals surface area contributed by atoms with Crippen LogP contribution in [0.25, 0.3) is 0 Å². The summed E-state index contributed by atoms with van der Waals surface area (Å²) in [5, 5.41) is -0.222. The second-order valence-corrected chi connectivity index (χ2v) is 5.86. The molecule has 0 aliphatic heterocycles. The SMILES string of the molecule is CC(N)CCNS(=O)(=O)c1cccc(Cl)c1F. The summed E-state index contributed by atoms with van der Waals surface area (Å²) >= 11 is 5.52. The third-order valence-electron chi connectivity index (χ3n) is 2.10. The molecule has 0 saturated heterocycles. The highest BCUT2D eigenvalue weighted by molar-refractivity contribution is 7.89. The molecule has 0 heterocycles. The molecule has 4 nitrogen and oxygen atoms in total. The van der Waals surface area contributed by atoms with Crippen molar-refractivity contribution >= 4 is 21.6 Å². The standard InChI is InChI=1S/C10H14ClFN2O2S/c1-7(13)5-6-14-17(15,16)9-4-2-3-8(11)10(9)12/h2-4,7,14H,5-6,13H2,1H3. The van der Waals surface area contributed by atoms with E-state index >= 15 is 0 Å².